The highest BCUT2D eigenvalue weighted by atomic mass is 16.7. The lowest BCUT2D eigenvalue weighted by atomic mass is 10.2. The van der Waals surface area contributed by atoms with Crippen molar-refractivity contribution in [3.8, 4) is 0 Å². The highest BCUT2D eigenvalue weighted by Gasteiger charge is 2.05. The summed E-state index contributed by atoms with van der Waals surface area (Å²) < 4.78 is 9.90. The molecule has 4 nitrogen and oxygen atoms in total. The summed E-state index contributed by atoms with van der Waals surface area (Å²) in [5.41, 5.74) is 0.984. The number of amides is 1. The molecule has 1 rings (SSSR count). The van der Waals surface area contributed by atoms with Crippen molar-refractivity contribution in [1.82, 2.24) is 5.32 Å². The van der Waals surface area contributed by atoms with Crippen LogP contribution in [0.3, 0.4) is 0 Å². The van der Waals surface area contributed by atoms with Crippen molar-refractivity contribution in [1.29, 1.82) is 0 Å². The number of hydrogen-bond donors (Lipinski definition) is 1. The van der Waals surface area contributed by atoms with Gasteiger partial charge in [0.15, 0.2) is 6.29 Å². The first-order valence-electron chi connectivity index (χ1n) is 5.33. The van der Waals surface area contributed by atoms with Crippen LogP contribution in [-0.4, -0.2) is 33.0 Å². The van der Waals surface area contributed by atoms with Crippen molar-refractivity contribution < 1.29 is 14.3 Å². The van der Waals surface area contributed by atoms with Crippen molar-refractivity contribution in [3.05, 3.63) is 42.0 Å². The van der Waals surface area contributed by atoms with Crippen LogP contribution in [0.25, 0.3) is 6.08 Å². The summed E-state index contributed by atoms with van der Waals surface area (Å²) in [6.45, 7) is 0.324. The van der Waals surface area contributed by atoms with E-state index in [-0.39, 0.29) is 5.91 Å². The molecule has 0 aliphatic rings. The Morgan fingerprint density at radius 3 is 2.53 bits per heavy atom. The van der Waals surface area contributed by atoms with Gasteiger partial charge in [0.2, 0.25) is 5.91 Å². The van der Waals surface area contributed by atoms with Gasteiger partial charge in [0.1, 0.15) is 0 Å². The molecule has 17 heavy (non-hydrogen) atoms. The molecule has 1 aromatic rings. The van der Waals surface area contributed by atoms with E-state index in [1.165, 1.54) is 20.3 Å². The van der Waals surface area contributed by atoms with Crippen molar-refractivity contribution in [2.24, 2.45) is 0 Å². The van der Waals surface area contributed by atoms with Crippen LogP contribution in [0.1, 0.15) is 5.56 Å². The molecular weight excluding hydrogens is 218 g/mol. The average Bonchev–Trinajstić information content (AvgIpc) is 2.39. The third kappa shape index (κ3) is 5.29. The second-order valence-corrected chi connectivity index (χ2v) is 3.39. The van der Waals surface area contributed by atoms with Crippen molar-refractivity contribution in [3.63, 3.8) is 0 Å². The molecule has 0 radical (unpaired) electrons. The third-order valence-corrected chi connectivity index (χ3v) is 2.20. The van der Waals surface area contributed by atoms with E-state index in [1.54, 1.807) is 6.08 Å². The van der Waals surface area contributed by atoms with Gasteiger partial charge < -0.3 is 14.8 Å². The Kier molecular flexibility index (Phi) is 5.99. The number of benzene rings is 1. The molecular formula is C13H17NO3. The lowest BCUT2D eigenvalue weighted by Crippen LogP contribution is -2.33. The topological polar surface area (TPSA) is 47.6 Å². The number of methoxy groups -OCH3 is 2. The van der Waals surface area contributed by atoms with Gasteiger partial charge in [-0.15, -0.1) is 0 Å². The molecule has 0 aliphatic heterocycles. The largest absolute Gasteiger partial charge is 0.354 e. The van der Waals surface area contributed by atoms with Gasteiger partial charge in [-0.2, -0.15) is 0 Å². The molecule has 0 spiro atoms. The Morgan fingerprint density at radius 1 is 1.29 bits per heavy atom. The fraction of sp³-hybridized carbons (Fsp3) is 0.308. The normalized spacial score (nSPS) is 11.0. The van der Waals surface area contributed by atoms with Crippen LogP contribution in [0.15, 0.2) is 36.4 Å². The van der Waals surface area contributed by atoms with Crippen LogP contribution >= 0.6 is 0 Å². The Balaban J connectivity index is 2.37. The van der Waals surface area contributed by atoms with Gasteiger partial charge in [0, 0.05) is 20.3 Å². The highest BCUT2D eigenvalue weighted by Crippen LogP contribution is 2.00. The van der Waals surface area contributed by atoms with E-state index in [0.29, 0.717) is 6.54 Å². The second kappa shape index (κ2) is 7.60. The fourth-order valence-corrected chi connectivity index (χ4v) is 1.24. The van der Waals surface area contributed by atoms with Crippen molar-refractivity contribution in [2.45, 2.75) is 6.29 Å². The molecule has 4 heteroatoms. The Labute approximate surface area is 101 Å². The highest BCUT2D eigenvalue weighted by molar-refractivity contribution is 5.91. The summed E-state index contributed by atoms with van der Waals surface area (Å²) in [7, 11) is 3.06. The molecule has 0 unspecified atom stereocenters. The maximum absolute atomic E-state index is 11.4. The predicted octanol–water partition coefficient (Wildman–Crippen LogP) is 1.43. The predicted molar refractivity (Wildman–Crippen MR) is 66.3 cm³/mol. The molecule has 0 heterocycles. The second-order valence-electron chi connectivity index (χ2n) is 3.39. The lowest BCUT2D eigenvalue weighted by molar-refractivity contribution is -0.123. The van der Waals surface area contributed by atoms with Crippen LogP contribution in [0.4, 0.5) is 0 Å². The first-order chi connectivity index (χ1) is 8.26. The van der Waals surface area contributed by atoms with E-state index in [2.05, 4.69) is 5.32 Å². The molecule has 1 amide bonds. The summed E-state index contributed by atoms with van der Waals surface area (Å²) in [5, 5.41) is 2.68. The van der Waals surface area contributed by atoms with Crippen LogP contribution in [0.2, 0.25) is 0 Å². The Morgan fingerprint density at radius 2 is 1.94 bits per heavy atom. The van der Waals surface area contributed by atoms with Gasteiger partial charge in [-0.1, -0.05) is 30.3 Å². The smallest absolute Gasteiger partial charge is 0.244 e. The zero-order valence-corrected chi connectivity index (χ0v) is 10.1. The summed E-state index contributed by atoms with van der Waals surface area (Å²) in [6.07, 6.45) is 2.82. The zero-order chi connectivity index (χ0) is 12.5. The molecule has 0 fully saturated rings. The van der Waals surface area contributed by atoms with Crippen LogP contribution in [0, 0.1) is 0 Å². The third-order valence-electron chi connectivity index (χ3n) is 2.20. The van der Waals surface area contributed by atoms with Crippen LogP contribution < -0.4 is 5.32 Å². The van der Waals surface area contributed by atoms with E-state index in [4.69, 9.17) is 9.47 Å². The Bertz CT molecular complexity index is 358. The van der Waals surface area contributed by atoms with Gasteiger partial charge in [-0.25, -0.2) is 0 Å². The summed E-state index contributed by atoms with van der Waals surface area (Å²) in [4.78, 5) is 11.4. The minimum absolute atomic E-state index is 0.173. The SMILES string of the molecule is COC(CNC(=O)/C=C/c1ccccc1)OC. The molecule has 0 bridgehead atoms. The summed E-state index contributed by atoms with van der Waals surface area (Å²) in [6, 6.07) is 9.62. The Hall–Kier alpha value is -1.65. The minimum Gasteiger partial charge on any atom is -0.354 e. The molecule has 1 N–H and O–H groups in total. The van der Waals surface area contributed by atoms with Gasteiger partial charge in [-0.05, 0) is 11.6 Å². The van der Waals surface area contributed by atoms with Crippen molar-refractivity contribution >= 4 is 12.0 Å². The monoisotopic (exact) mass is 235 g/mol. The van der Waals surface area contributed by atoms with E-state index in [1.807, 2.05) is 30.3 Å². The van der Waals surface area contributed by atoms with E-state index < -0.39 is 6.29 Å². The van der Waals surface area contributed by atoms with E-state index in [0.717, 1.165) is 5.56 Å². The van der Waals surface area contributed by atoms with E-state index in [9.17, 15) is 4.79 Å². The average molecular weight is 235 g/mol. The number of carbonyl (C=O) groups excluding carboxylic acids is 1. The molecule has 0 aromatic heterocycles. The first-order valence-corrected chi connectivity index (χ1v) is 5.33. The molecule has 0 atom stereocenters. The lowest BCUT2D eigenvalue weighted by Gasteiger charge is -2.12. The standard InChI is InChI=1S/C13H17NO3/c1-16-13(17-2)10-14-12(15)9-8-11-6-4-3-5-7-11/h3-9,13H,10H2,1-2H3,(H,14,15)/b9-8+. The van der Waals surface area contributed by atoms with Gasteiger partial charge in [0.05, 0.1) is 6.54 Å². The number of hydrogen-bond acceptors (Lipinski definition) is 3. The number of carbonyl (C=O) groups is 1. The van der Waals surface area contributed by atoms with Gasteiger partial charge in [-0.3, -0.25) is 4.79 Å². The molecule has 1 aromatic carbocycles. The van der Waals surface area contributed by atoms with Gasteiger partial charge >= 0.3 is 0 Å². The van der Waals surface area contributed by atoms with Crippen LogP contribution in [-0.2, 0) is 14.3 Å². The minimum atomic E-state index is -0.413. The van der Waals surface area contributed by atoms with E-state index >= 15 is 0 Å². The first kappa shape index (κ1) is 13.4. The molecule has 92 valence electrons. The summed E-state index contributed by atoms with van der Waals surface area (Å²) >= 11 is 0. The zero-order valence-electron chi connectivity index (χ0n) is 10.1. The number of rotatable bonds is 6. The maximum atomic E-state index is 11.4. The van der Waals surface area contributed by atoms with Crippen molar-refractivity contribution in [2.75, 3.05) is 20.8 Å². The maximum Gasteiger partial charge on any atom is 0.244 e. The molecule has 0 saturated carbocycles. The number of ether oxygens (including phenoxy) is 2. The molecule has 0 saturated heterocycles. The summed E-state index contributed by atoms with van der Waals surface area (Å²) in [5.74, 6) is -0.173. The fourth-order valence-electron chi connectivity index (χ4n) is 1.24. The number of nitrogens with one attached hydrogen (secondary N) is 1. The molecule has 0 aliphatic carbocycles. The van der Waals surface area contributed by atoms with Gasteiger partial charge in [0.25, 0.3) is 0 Å². The quantitative estimate of drug-likeness (QED) is 0.599. The van der Waals surface area contributed by atoms with Crippen LogP contribution in [0.5, 0.6) is 0 Å².